The Morgan fingerprint density at radius 2 is 1.68 bits per heavy atom. The summed E-state index contributed by atoms with van der Waals surface area (Å²) in [5, 5.41) is 8.09. The van der Waals surface area contributed by atoms with Gasteiger partial charge in [-0.2, -0.15) is 0 Å². The first-order chi connectivity index (χ1) is 26.7. The van der Waals surface area contributed by atoms with Crippen LogP contribution in [0.3, 0.4) is 0 Å². The van der Waals surface area contributed by atoms with Gasteiger partial charge in [0.25, 0.3) is 0 Å². The Morgan fingerprint density at radius 3 is 2.38 bits per heavy atom. The third-order valence-electron chi connectivity index (χ3n) is 11.0. The van der Waals surface area contributed by atoms with Crippen molar-refractivity contribution >= 4 is 41.4 Å². The molecule has 14 nitrogen and oxygen atoms in total. The van der Waals surface area contributed by atoms with E-state index in [0.717, 1.165) is 38.5 Å². The van der Waals surface area contributed by atoms with Crippen LogP contribution in [0.2, 0.25) is 0 Å². The summed E-state index contributed by atoms with van der Waals surface area (Å²) in [6.45, 7) is 7.03. The predicted octanol–water partition coefficient (Wildman–Crippen LogP) is 2.78. The van der Waals surface area contributed by atoms with E-state index < -0.39 is 90.1 Å². The van der Waals surface area contributed by atoms with Gasteiger partial charge < -0.3 is 35.4 Å². The topological polar surface area (TPSA) is 175 Å². The van der Waals surface area contributed by atoms with Crippen LogP contribution in [-0.2, 0) is 44.7 Å². The van der Waals surface area contributed by atoms with Crippen LogP contribution >= 0.6 is 0 Å². The van der Waals surface area contributed by atoms with Gasteiger partial charge in [0.2, 0.25) is 35.4 Å². The van der Waals surface area contributed by atoms with Gasteiger partial charge in [-0.3, -0.25) is 28.8 Å². The number of hydrogen-bond donors (Lipinski definition) is 3. The maximum atomic E-state index is 14.4. The second kappa shape index (κ2) is 20.9. The van der Waals surface area contributed by atoms with E-state index in [-0.39, 0.29) is 25.4 Å². The summed E-state index contributed by atoms with van der Waals surface area (Å²) < 4.78 is 19.5. The number of benzene rings is 1. The molecule has 1 aromatic carbocycles. The number of nitrogens with one attached hydrogen (secondary N) is 3. The van der Waals surface area contributed by atoms with Crippen LogP contribution in [-0.4, -0.2) is 119 Å². The molecule has 56 heavy (non-hydrogen) atoms. The lowest BCUT2D eigenvalue weighted by Crippen LogP contribution is -2.60. The van der Waals surface area contributed by atoms with Crippen molar-refractivity contribution in [3.8, 4) is 0 Å². The van der Waals surface area contributed by atoms with Gasteiger partial charge in [-0.1, -0.05) is 57.7 Å². The summed E-state index contributed by atoms with van der Waals surface area (Å²) in [4.78, 5) is 100. The van der Waals surface area contributed by atoms with Crippen LogP contribution in [0.4, 0.5) is 4.39 Å². The molecule has 3 aliphatic heterocycles. The Morgan fingerprint density at radius 1 is 0.964 bits per heavy atom. The van der Waals surface area contributed by atoms with E-state index in [9.17, 15) is 38.0 Å². The van der Waals surface area contributed by atoms with Crippen molar-refractivity contribution in [3.63, 3.8) is 0 Å². The number of likely N-dealkylation sites (N-methyl/N-ethyl adjacent to an activating group) is 1. The first-order valence-electron chi connectivity index (χ1n) is 20.1. The highest BCUT2D eigenvalue weighted by molar-refractivity contribution is 5.98. The third kappa shape index (κ3) is 11.6. The molecule has 4 rings (SSSR count). The Kier molecular flexibility index (Phi) is 16.4. The van der Waals surface area contributed by atoms with Crippen molar-refractivity contribution < 1.29 is 42.7 Å². The summed E-state index contributed by atoms with van der Waals surface area (Å²) in [5.41, 5.74) is 0.541. The third-order valence-corrected chi connectivity index (χ3v) is 11.0. The van der Waals surface area contributed by atoms with Gasteiger partial charge in [0.15, 0.2) is 0 Å². The highest BCUT2D eigenvalue weighted by Crippen LogP contribution is 2.29. The molecule has 3 saturated heterocycles. The number of allylic oxidation sites excluding steroid dienone is 1. The zero-order valence-electron chi connectivity index (χ0n) is 33.4. The van der Waals surface area contributed by atoms with Gasteiger partial charge in [0.1, 0.15) is 48.7 Å². The molecule has 1 aromatic rings. The van der Waals surface area contributed by atoms with Gasteiger partial charge in [-0.05, 0) is 82.1 Å². The largest absolute Gasteiger partial charge is 0.461 e. The molecule has 0 aliphatic carbocycles. The molecule has 0 spiro atoms. The van der Waals surface area contributed by atoms with E-state index >= 15 is 0 Å². The molecule has 7 atom stereocenters. The fraction of sp³-hybridized carbons (Fsp3) is 0.634. The minimum absolute atomic E-state index is 0.00290. The maximum absolute atomic E-state index is 14.4. The first kappa shape index (κ1) is 43.9. The van der Waals surface area contributed by atoms with Crippen LogP contribution < -0.4 is 16.0 Å². The Balaban J connectivity index is 1.66. The number of carbonyl (C=O) groups excluding carboxylic acids is 7. The number of fused-ring (bicyclic) bond motifs is 2. The van der Waals surface area contributed by atoms with Crippen molar-refractivity contribution in [1.29, 1.82) is 0 Å². The SMILES string of the molecule is CCCCC/C=C/C(=O)N[C@@H](Cc1ccc(F)cc1)C(=O)N[C@H]1COC(=O)[C@@H]2C[C@@H](CCCC)CN2C(=O)[C@H](C)NC(=O)[C@H](C)N(C)C(=O)[C@@H]2CCCN2C1=O. The molecule has 0 radical (unpaired) electrons. The van der Waals surface area contributed by atoms with E-state index in [2.05, 4.69) is 22.9 Å². The van der Waals surface area contributed by atoms with Gasteiger partial charge in [0, 0.05) is 26.6 Å². The highest BCUT2D eigenvalue weighted by Gasteiger charge is 2.45. The molecule has 6 amide bonds. The summed E-state index contributed by atoms with van der Waals surface area (Å²) in [6, 6.07) is -1.20. The zero-order chi connectivity index (χ0) is 40.9. The molecule has 0 bridgehead atoms. The van der Waals surface area contributed by atoms with Crippen LogP contribution in [0, 0.1) is 11.7 Å². The first-order valence-corrected chi connectivity index (χ1v) is 20.1. The van der Waals surface area contributed by atoms with Crippen LogP contribution in [0.25, 0.3) is 0 Å². The molecule has 308 valence electrons. The molecule has 0 saturated carbocycles. The van der Waals surface area contributed by atoms with E-state index in [1.807, 2.05) is 6.92 Å². The lowest BCUT2D eigenvalue weighted by molar-refractivity contribution is -0.158. The fourth-order valence-corrected chi connectivity index (χ4v) is 7.52. The van der Waals surface area contributed by atoms with Crippen molar-refractivity contribution in [2.45, 2.75) is 135 Å². The Hall–Kier alpha value is -4.82. The van der Waals surface area contributed by atoms with Crippen molar-refractivity contribution in [1.82, 2.24) is 30.7 Å². The lowest BCUT2D eigenvalue weighted by atomic mass is 9.99. The zero-order valence-corrected chi connectivity index (χ0v) is 33.4. The van der Waals surface area contributed by atoms with Gasteiger partial charge in [0.05, 0.1) is 0 Å². The van der Waals surface area contributed by atoms with Gasteiger partial charge in [-0.15, -0.1) is 0 Å². The van der Waals surface area contributed by atoms with E-state index in [0.29, 0.717) is 31.2 Å². The normalized spacial score (nSPS) is 25.8. The summed E-state index contributed by atoms with van der Waals surface area (Å²) in [7, 11) is 1.46. The number of esters is 1. The van der Waals surface area contributed by atoms with Gasteiger partial charge >= 0.3 is 5.97 Å². The van der Waals surface area contributed by atoms with Crippen LogP contribution in [0.5, 0.6) is 0 Å². The minimum atomic E-state index is -1.48. The number of amides is 6. The number of unbranched alkanes of at least 4 members (excludes halogenated alkanes) is 4. The number of nitrogens with zero attached hydrogens (tertiary/aromatic N) is 3. The van der Waals surface area contributed by atoms with E-state index in [4.69, 9.17) is 4.74 Å². The van der Waals surface area contributed by atoms with Crippen LogP contribution in [0.1, 0.15) is 97.5 Å². The predicted molar refractivity (Wildman–Crippen MR) is 206 cm³/mol. The van der Waals surface area contributed by atoms with E-state index in [1.54, 1.807) is 6.08 Å². The summed E-state index contributed by atoms with van der Waals surface area (Å²) >= 11 is 0. The molecule has 0 unspecified atom stereocenters. The lowest BCUT2D eigenvalue weighted by Gasteiger charge is -2.34. The standard InChI is InChI=1S/C41H59FN6O8/c1-6-8-10-11-12-16-35(49)44-31(22-28-17-19-30(42)20-18-28)37(51)45-32-25-56-41(55)34-23-29(14-9-7-2)24-48(34)38(52)26(3)43-36(50)27(4)46(5)40(54)33-15-13-21-47(33)39(32)53/h12,16-20,26-27,29,31-34H,6-11,13-15,21-25H2,1-5H3,(H,43,50)(H,44,49)(H,45,51)/b16-12+/t26-,27-,29+,31-,32-,33-,34-/m0/s1. The summed E-state index contributed by atoms with van der Waals surface area (Å²) in [5.74, 6) is -4.77. The molecule has 15 heteroatoms. The molecular formula is C41H59FN6O8. The molecule has 3 heterocycles. The van der Waals surface area contributed by atoms with Crippen molar-refractivity contribution in [2.75, 3.05) is 26.7 Å². The number of hydrogen-bond acceptors (Lipinski definition) is 8. The molecule has 0 aromatic heterocycles. The number of halogens is 1. The molecular weight excluding hydrogens is 723 g/mol. The molecule has 3 aliphatic rings. The van der Waals surface area contributed by atoms with Crippen molar-refractivity contribution in [2.24, 2.45) is 5.92 Å². The fourth-order valence-electron chi connectivity index (χ4n) is 7.52. The number of rotatable bonds is 13. The number of ether oxygens (including phenoxy) is 1. The second-order valence-electron chi connectivity index (χ2n) is 15.3. The Bertz CT molecular complexity index is 1600. The van der Waals surface area contributed by atoms with Crippen LogP contribution in [0.15, 0.2) is 36.4 Å². The number of carbonyl (C=O) groups is 7. The smallest absolute Gasteiger partial charge is 0.328 e. The molecule has 3 N–H and O–H groups in total. The quantitative estimate of drug-likeness (QED) is 0.156. The van der Waals surface area contributed by atoms with E-state index in [1.165, 1.54) is 65.9 Å². The molecule has 3 fully saturated rings. The second-order valence-corrected chi connectivity index (χ2v) is 15.3. The monoisotopic (exact) mass is 782 g/mol. The summed E-state index contributed by atoms with van der Waals surface area (Å²) in [6.07, 6.45) is 10.3. The maximum Gasteiger partial charge on any atom is 0.328 e. The van der Waals surface area contributed by atoms with Crippen molar-refractivity contribution in [3.05, 3.63) is 47.8 Å². The average Bonchev–Trinajstić information content (AvgIpc) is 3.85. The highest BCUT2D eigenvalue weighted by atomic mass is 19.1. The number of cyclic esters (lactones) is 1. The average molecular weight is 783 g/mol. The minimum Gasteiger partial charge on any atom is -0.461 e. The Labute approximate surface area is 329 Å². The van der Waals surface area contributed by atoms with Gasteiger partial charge in [-0.25, -0.2) is 9.18 Å².